The third-order valence-corrected chi connectivity index (χ3v) is 3.60. The molecule has 0 saturated heterocycles. The fourth-order valence-electron chi connectivity index (χ4n) is 1.52. The first-order valence-electron chi connectivity index (χ1n) is 5.68. The minimum absolute atomic E-state index is 0.0349. The van der Waals surface area contributed by atoms with Gasteiger partial charge in [0.15, 0.2) is 5.78 Å². The van der Waals surface area contributed by atoms with Gasteiger partial charge in [-0.1, -0.05) is 17.4 Å². The Balaban J connectivity index is 2.10. The summed E-state index contributed by atoms with van der Waals surface area (Å²) >= 11 is 0.801. The molecule has 1 heterocycles. The number of non-ortho nitro benzene ring substituents is 1. The van der Waals surface area contributed by atoms with Crippen LogP contribution in [-0.4, -0.2) is 15.6 Å². The highest BCUT2D eigenvalue weighted by molar-refractivity contribution is 7.17. The molecule has 0 N–H and O–H groups in total. The average Bonchev–Trinajstić information content (AvgIpc) is 2.95. The largest absolute Gasteiger partial charge is 0.324 e. The summed E-state index contributed by atoms with van der Waals surface area (Å²) in [5, 5.41) is 20.9. The fraction of sp³-hybridized carbons (Fsp3) is 0. The van der Waals surface area contributed by atoms with Crippen molar-refractivity contribution in [2.45, 2.75) is 0 Å². The first-order valence-corrected chi connectivity index (χ1v) is 6.50. The zero-order chi connectivity index (χ0) is 15.4. The molecule has 0 bridgehead atoms. The molecule has 0 aliphatic heterocycles. The van der Waals surface area contributed by atoms with Crippen molar-refractivity contribution in [2.24, 2.45) is 0 Å². The minimum atomic E-state index is -0.554. The summed E-state index contributed by atoms with van der Waals surface area (Å²) in [4.78, 5) is 32.1. The van der Waals surface area contributed by atoms with E-state index in [1.807, 2.05) is 0 Å². The van der Waals surface area contributed by atoms with Crippen LogP contribution >= 0.6 is 11.3 Å². The number of nitro benzene ring substituents is 1. The van der Waals surface area contributed by atoms with Gasteiger partial charge >= 0.3 is 5.00 Å². The molecule has 106 valence electrons. The quantitative estimate of drug-likeness (QED) is 0.364. The van der Waals surface area contributed by atoms with Crippen molar-refractivity contribution in [1.82, 2.24) is 0 Å². The predicted octanol–water partition coefficient (Wildman–Crippen LogP) is 3.46. The van der Waals surface area contributed by atoms with Gasteiger partial charge in [0.2, 0.25) is 0 Å². The third-order valence-electron chi connectivity index (χ3n) is 2.55. The van der Waals surface area contributed by atoms with Crippen LogP contribution < -0.4 is 0 Å². The summed E-state index contributed by atoms with van der Waals surface area (Å²) in [5.41, 5.74) is 0.590. The minimum Gasteiger partial charge on any atom is -0.288 e. The number of allylic oxidation sites excluding steroid dienone is 1. The van der Waals surface area contributed by atoms with E-state index in [9.17, 15) is 25.0 Å². The molecular formula is C13H8N2O5S. The summed E-state index contributed by atoms with van der Waals surface area (Å²) in [7, 11) is 0. The molecule has 2 rings (SSSR count). The standard InChI is InChI=1S/C13H8N2O5S/c16-11(12-7-8-13(21-12)15(19)20)6-3-9-1-4-10(5-2-9)14(17)18/h1-8H. The maximum atomic E-state index is 11.8. The lowest BCUT2D eigenvalue weighted by molar-refractivity contribution is -0.384. The molecule has 1 aromatic carbocycles. The van der Waals surface area contributed by atoms with Crippen molar-refractivity contribution >= 4 is 33.9 Å². The smallest absolute Gasteiger partial charge is 0.288 e. The van der Waals surface area contributed by atoms with Crippen molar-refractivity contribution in [3.8, 4) is 0 Å². The van der Waals surface area contributed by atoms with Crippen LogP contribution in [0.1, 0.15) is 15.2 Å². The van der Waals surface area contributed by atoms with Crippen LogP contribution in [-0.2, 0) is 0 Å². The van der Waals surface area contributed by atoms with Crippen molar-refractivity contribution < 1.29 is 14.6 Å². The number of nitro groups is 2. The number of ketones is 1. The number of carbonyl (C=O) groups excluding carboxylic acids is 1. The zero-order valence-electron chi connectivity index (χ0n) is 10.5. The molecule has 0 spiro atoms. The van der Waals surface area contributed by atoms with E-state index in [2.05, 4.69) is 0 Å². The highest BCUT2D eigenvalue weighted by atomic mass is 32.1. The van der Waals surface area contributed by atoms with E-state index in [1.54, 1.807) is 0 Å². The van der Waals surface area contributed by atoms with Gasteiger partial charge in [0.05, 0.1) is 14.7 Å². The summed E-state index contributed by atoms with van der Waals surface area (Å²) in [5.74, 6) is -0.355. The van der Waals surface area contributed by atoms with Crippen LogP contribution in [0.25, 0.3) is 6.08 Å². The van der Waals surface area contributed by atoms with E-state index in [1.165, 1.54) is 48.6 Å². The summed E-state index contributed by atoms with van der Waals surface area (Å²) in [6.45, 7) is 0. The molecule has 0 radical (unpaired) electrons. The van der Waals surface area contributed by atoms with Crippen LogP contribution in [0.15, 0.2) is 42.5 Å². The summed E-state index contributed by atoms with van der Waals surface area (Å²) in [6.07, 6.45) is 2.77. The number of hydrogen-bond acceptors (Lipinski definition) is 6. The van der Waals surface area contributed by atoms with Gasteiger partial charge in [0.25, 0.3) is 5.69 Å². The Hall–Kier alpha value is -2.87. The lowest BCUT2D eigenvalue weighted by atomic mass is 10.1. The Kier molecular flexibility index (Phi) is 4.19. The molecule has 0 saturated carbocycles. The van der Waals surface area contributed by atoms with Gasteiger partial charge in [-0.15, -0.1) is 0 Å². The first kappa shape index (κ1) is 14.5. The highest BCUT2D eigenvalue weighted by Crippen LogP contribution is 2.24. The molecule has 7 nitrogen and oxygen atoms in total. The molecule has 21 heavy (non-hydrogen) atoms. The van der Waals surface area contributed by atoms with Crippen molar-refractivity contribution in [3.05, 3.63) is 73.1 Å². The predicted molar refractivity (Wildman–Crippen MR) is 77.4 cm³/mol. The van der Waals surface area contributed by atoms with E-state index in [0.717, 1.165) is 11.3 Å². The van der Waals surface area contributed by atoms with Gasteiger partial charge in [-0.2, -0.15) is 0 Å². The average molecular weight is 304 g/mol. The Morgan fingerprint density at radius 3 is 2.19 bits per heavy atom. The van der Waals surface area contributed by atoms with Gasteiger partial charge in [-0.05, 0) is 29.8 Å². The molecule has 0 aliphatic rings. The molecule has 0 fully saturated rings. The van der Waals surface area contributed by atoms with Gasteiger partial charge in [-0.3, -0.25) is 25.0 Å². The second-order valence-corrected chi connectivity index (χ2v) is 5.00. The summed E-state index contributed by atoms with van der Waals surface area (Å²) in [6, 6.07) is 8.36. The lowest BCUT2D eigenvalue weighted by Gasteiger charge is -1.93. The first-order chi connectivity index (χ1) is 9.97. The van der Waals surface area contributed by atoms with Gasteiger partial charge in [0.1, 0.15) is 0 Å². The topological polar surface area (TPSA) is 103 Å². The van der Waals surface area contributed by atoms with E-state index in [4.69, 9.17) is 0 Å². The Morgan fingerprint density at radius 2 is 1.67 bits per heavy atom. The van der Waals surface area contributed by atoms with Crippen molar-refractivity contribution in [2.75, 3.05) is 0 Å². The Morgan fingerprint density at radius 1 is 1.00 bits per heavy atom. The molecule has 0 unspecified atom stereocenters. The summed E-state index contributed by atoms with van der Waals surface area (Å²) < 4.78 is 0. The Bertz CT molecular complexity index is 733. The number of benzene rings is 1. The highest BCUT2D eigenvalue weighted by Gasteiger charge is 2.13. The monoisotopic (exact) mass is 304 g/mol. The van der Waals surface area contributed by atoms with Gasteiger partial charge in [-0.25, -0.2) is 0 Å². The maximum Gasteiger partial charge on any atom is 0.324 e. The fourth-order valence-corrected chi connectivity index (χ4v) is 2.26. The van der Waals surface area contributed by atoms with E-state index in [-0.39, 0.29) is 21.3 Å². The van der Waals surface area contributed by atoms with Crippen LogP contribution in [0, 0.1) is 20.2 Å². The number of carbonyl (C=O) groups is 1. The normalized spacial score (nSPS) is 10.7. The lowest BCUT2D eigenvalue weighted by Crippen LogP contribution is -1.89. The van der Waals surface area contributed by atoms with E-state index < -0.39 is 9.85 Å². The van der Waals surface area contributed by atoms with Crippen molar-refractivity contribution in [3.63, 3.8) is 0 Å². The van der Waals surface area contributed by atoms with Crippen LogP contribution in [0.2, 0.25) is 0 Å². The molecule has 0 amide bonds. The maximum absolute atomic E-state index is 11.8. The molecule has 1 aromatic heterocycles. The number of hydrogen-bond donors (Lipinski definition) is 0. The third kappa shape index (κ3) is 3.57. The molecular weight excluding hydrogens is 296 g/mol. The van der Waals surface area contributed by atoms with Crippen LogP contribution in [0.5, 0.6) is 0 Å². The second kappa shape index (κ2) is 6.06. The van der Waals surface area contributed by atoms with Gasteiger partial charge < -0.3 is 0 Å². The molecule has 8 heteroatoms. The van der Waals surface area contributed by atoms with E-state index >= 15 is 0 Å². The number of nitrogens with zero attached hydrogens (tertiary/aromatic N) is 2. The van der Waals surface area contributed by atoms with Crippen LogP contribution in [0.4, 0.5) is 10.7 Å². The molecule has 2 aromatic rings. The Labute approximate surface area is 122 Å². The number of thiophene rings is 1. The van der Waals surface area contributed by atoms with Gasteiger partial charge in [0, 0.05) is 18.2 Å². The van der Waals surface area contributed by atoms with Crippen LogP contribution in [0.3, 0.4) is 0 Å². The zero-order valence-corrected chi connectivity index (χ0v) is 11.3. The second-order valence-electron chi connectivity index (χ2n) is 3.94. The number of rotatable bonds is 5. The van der Waals surface area contributed by atoms with Crippen molar-refractivity contribution in [1.29, 1.82) is 0 Å². The molecule has 0 aliphatic carbocycles. The molecule has 0 atom stereocenters. The SMILES string of the molecule is O=C(C=Cc1ccc([N+](=O)[O-])cc1)c1ccc([N+](=O)[O-])s1. The van der Waals surface area contributed by atoms with E-state index in [0.29, 0.717) is 5.56 Å².